The van der Waals surface area contributed by atoms with Gasteiger partial charge in [0.25, 0.3) is 0 Å². The molecule has 2 aromatic rings. The summed E-state index contributed by atoms with van der Waals surface area (Å²) in [6.07, 6.45) is 3.13. The quantitative estimate of drug-likeness (QED) is 0.909. The predicted molar refractivity (Wildman–Crippen MR) is 83.6 cm³/mol. The average Bonchev–Trinajstić information content (AvgIpc) is 3.22. The number of thiazole rings is 1. The third-order valence-corrected chi connectivity index (χ3v) is 4.81. The summed E-state index contributed by atoms with van der Waals surface area (Å²) in [5.74, 6) is -0.0840. The molecule has 0 unspecified atom stereocenters. The summed E-state index contributed by atoms with van der Waals surface area (Å²) in [5, 5.41) is 9.26. The maximum absolute atomic E-state index is 12.4. The second-order valence-electron chi connectivity index (χ2n) is 5.52. The Morgan fingerprint density at radius 1 is 1.59 bits per heavy atom. The van der Waals surface area contributed by atoms with Crippen molar-refractivity contribution in [3.05, 3.63) is 34.0 Å². The molecule has 3 rings (SSSR count). The van der Waals surface area contributed by atoms with E-state index >= 15 is 0 Å². The highest BCUT2D eigenvalue weighted by molar-refractivity contribution is 7.07. The second kappa shape index (κ2) is 6.58. The number of hydrogen-bond donors (Lipinski definition) is 1. The highest BCUT2D eigenvalue weighted by Gasteiger charge is 2.36. The van der Waals surface area contributed by atoms with Crippen LogP contribution in [0.1, 0.15) is 29.5 Å². The maximum atomic E-state index is 12.4. The van der Waals surface area contributed by atoms with Gasteiger partial charge in [-0.3, -0.25) is 9.48 Å². The third-order valence-electron chi connectivity index (χ3n) is 4.17. The van der Waals surface area contributed by atoms with Crippen molar-refractivity contribution in [1.82, 2.24) is 20.1 Å². The van der Waals surface area contributed by atoms with Gasteiger partial charge in [-0.2, -0.15) is 5.10 Å². The van der Waals surface area contributed by atoms with E-state index in [9.17, 15) is 4.79 Å². The largest absolute Gasteiger partial charge is 0.373 e. The van der Waals surface area contributed by atoms with Gasteiger partial charge in [0, 0.05) is 43.3 Å². The molecule has 0 aromatic carbocycles. The van der Waals surface area contributed by atoms with Gasteiger partial charge in [0.1, 0.15) is 0 Å². The molecule has 1 amide bonds. The third kappa shape index (κ3) is 3.05. The Morgan fingerprint density at radius 2 is 2.45 bits per heavy atom. The predicted octanol–water partition coefficient (Wildman–Crippen LogP) is 1.62. The topological polar surface area (TPSA) is 69.0 Å². The van der Waals surface area contributed by atoms with Crippen LogP contribution in [0.25, 0.3) is 0 Å². The minimum absolute atomic E-state index is 0.0565. The summed E-state index contributed by atoms with van der Waals surface area (Å²) in [6.45, 7) is 3.22. The highest BCUT2D eigenvalue weighted by atomic mass is 32.1. The van der Waals surface area contributed by atoms with Crippen LogP contribution in [0.2, 0.25) is 0 Å². The van der Waals surface area contributed by atoms with Crippen molar-refractivity contribution in [1.29, 1.82) is 0 Å². The Kier molecular flexibility index (Phi) is 4.54. The maximum Gasteiger partial charge on any atom is 0.226 e. The van der Waals surface area contributed by atoms with Crippen LogP contribution >= 0.6 is 11.3 Å². The van der Waals surface area contributed by atoms with Crippen LogP contribution in [-0.4, -0.2) is 33.8 Å². The fourth-order valence-electron chi connectivity index (χ4n) is 2.77. The SMILES string of the molecule is Cc1c([C@H]2OCC[C@@H]2C(=O)NCCc2cscn2)cnn1C. The lowest BCUT2D eigenvalue weighted by Crippen LogP contribution is -2.33. The van der Waals surface area contributed by atoms with Crippen molar-refractivity contribution in [3.8, 4) is 0 Å². The molecule has 0 spiro atoms. The summed E-state index contributed by atoms with van der Waals surface area (Å²) >= 11 is 1.57. The lowest BCUT2D eigenvalue weighted by molar-refractivity contribution is -0.126. The molecule has 2 atom stereocenters. The van der Waals surface area contributed by atoms with E-state index in [1.54, 1.807) is 17.5 Å². The molecule has 1 aliphatic rings. The van der Waals surface area contributed by atoms with Gasteiger partial charge in [-0.05, 0) is 13.3 Å². The molecule has 0 radical (unpaired) electrons. The molecule has 1 fully saturated rings. The summed E-state index contributed by atoms with van der Waals surface area (Å²) in [6, 6.07) is 0. The Balaban J connectivity index is 1.60. The Labute approximate surface area is 133 Å². The molecule has 1 saturated heterocycles. The van der Waals surface area contributed by atoms with Crippen LogP contribution < -0.4 is 5.32 Å². The molecule has 1 aliphatic heterocycles. The minimum Gasteiger partial charge on any atom is -0.373 e. The average molecular weight is 320 g/mol. The highest BCUT2D eigenvalue weighted by Crippen LogP contribution is 2.35. The van der Waals surface area contributed by atoms with E-state index in [-0.39, 0.29) is 17.9 Å². The van der Waals surface area contributed by atoms with E-state index in [1.807, 2.05) is 29.5 Å². The van der Waals surface area contributed by atoms with E-state index in [0.29, 0.717) is 13.2 Å². The number of ether oxygens (including phenoxy) is 1. The summed E-state index contributed by atoms with van der Waals surface area (Å²) in [7, 11) is 1.90. The fourth-order valence-corrected chi connectivity index (χ4v) is 3.36. The lowest BCUT2D eigenvalue weighted by Gasteiger charge is -2.18. The molecule has 6 nitrogen and oxygen atoms in total. The van der Waals surface area contributed by atoms with Gasteiger partial charge in [0.05, 0.1) is 29.4 Å². The first kappa shape index (κ1) is 15.2. The van der Waals surface area contributed by atoms with E-state index in [0.717, 1.165) is 29.8 Å². The number of carbonyl (C=O) groups excluding carboxylic acids is 1. The van der Waals surface area contributed by atoms with Crippen LogP contribution in [0.3, 0.4) is 0 Å². The van der Waals surface area contributed by atoms with E-state index in [2.05, 4.69) is 15.4 Å². The van der Waals surface area contributed by atoms with Crippen molar-refractivity contribution in [2.24, 2.45) is 13.0 Å². The zero-order valence-electron chi connectivity index (χ0n) is 12.8. The van der Waals surface area contributed by atoms with Crippen molar-refractivity contribution in [2.75, 3.05) is 13.2 Å². The molecular formula is C15H20N4O2S. The first-order valence-electron chi connectivity index (χ1n) is 7.41. The van der Waals surface area contributed by atoms with Crippen LogP contribution in [-0.2, 0) is 23.0 Å². The summed E-state index contributed by atoms with van der Waals surface area (Å²) in [5.41, 5.74) is 4.89. The van der Waals surface area contributed by atoms with Gasteiger partial charge < -0.3 is 10.1 Å². The van der Waals surface area contributed by atoms with Crippen molar-refractivity contribution >= 4 is 17.2 Å². The molecule has 118 valence electrons. The van der Waals surface area contributed by atoms with Crippen LogP contribution in [0.4, 0.5) is 0 Å². The minimum atomic E-state index is -0.187. The lowest BCUT2D eigenvalue weighted by atomic mass is 9.95. The number of aryl methyl sites for hydroxylation is 1. The fraction of sp³-hybridized carbons (Fsp3) is 0.533. The Hall–Kier alpha value is -1.73. The molecule has 0 saturated carbocycles. The van der Waals surface area contributed by atoms with Crippen molar-refractivity contribution < 1.29 is 9.53 Å². The van der Waals surface area contributed by atoms with Gasteiger partial charge in [-0.25, -0.2) is 4.98 Å². The van der Waals surface area contributed by atoms with Crippen LogP contribution in [0.5, 0.6) is 0 Å². The normalized spacial score (nSPS) is 21.2. The van der Waals surface area contributed by atoms with Crippen molar-refractivity contribution in [2.45, 2.75) is 25.9 Å². The van der Waals surface area contributed by atoms with E-state index in [1.165, 1.54) is 0 Å². The van der Waals surface area contributed by atoms with Crippen molar-refractivity contribution in [3.63, 3.8) is 0 Å². The smallest absolute Gasteiger partial charge is 0.226 e. The van der Waals surface area contributed by atoms with E-state index < -0.39 is 0 Å². The molecule has 22 heavy (non-hydrogen) atoms. The molecular weight excluding hydrogens is 300 g/mol. The van der Waals surface area contributed by atoms with Crippen LogP contribution in [0.15, 0.2) is 17.1 Å². The zero-order valence-corrected chi connectivity index (χ0v) is 13.6. The zero-order chi connectivity index (χ0) is 15.5. The van der Waals surface area contributed by atoms with E-state index in [4.69, 9.17) is 4.74 Å². The first-order valence-corrected chi connectivity index (χ1v) is 8.36. The first-order chi connectivity index (χ1) is 10.7. The number of carbonyl (C=O) groups is 1. The molecule has 2 aromatic heterocycles. The Bertz CT molecular complexity index is 638. The molecule has 1 N–H and O–H groups in total. The van der Waals surface area contributed by atoms with Gasteiger partial charge in [0.15, 0.2) is 0 Å². The second-order valence-corrected chi connectivity index (χ2v) is 6.23. The number of nitrogens with zero attached hydrogens (tertiary/aromatic N) is 3. The van der Waals surface area contributed by atoms with Gasteiger partial charge in [-0.15, -0.1) is 11.3 Å². The molecule has 7 heteroatoms. The number of amides is 1. The Morgan fingerprint density at radius 3 is 3.14 bits per heavy atom. The number of nitrogens with one attached hydrogen (secondary N) is 1. The van der Waals surface area contributed by atoms with Gasteiger partial charge in [-0.1, -0.05) is 0 Å². The number of aromatic nitrogens is 3. The molecule has 0 aliphatic carbocycles. The monoisotopic (exact) mass is 320 g/mol. The molecule has 3 heterocycles. The van der Waals surface area contributed by atoms with Gasteiger partial charge >= 0.3 is 0 Å². The number of hydrogen-bond acceptors (Lipinski definition) is 5. The summed E-state index contributed by atoms with van der Waals surface area (Å²) < 4.78 is 7.61. The van der Waals surface area contributed by atoms with Crippen LogP contribution in [0, 0.1) is 12.8 Å². The standard InChI is InChI=1S/C15H20N4O2S/c1-10-13(7-18-19(10)2)14-12(4-6-21-14)15(20)16-5-3-11-8-22-9-17-11/h7-9,12,14H,3-6H2,1-2H3,(H,16,20)/t12-,14-/m0/s1. The van der Waals surface area contributed by atoms with Gasteiger partial charge in [0.2, 0.25) is 5.91 Å². The molecule has 0 bridgehead atoms. The number of rotatable bonds is 5. The summed E-state index contributed by atoms with van der Waals surface area (Å²) in [4.78, 5) is 16.7.